The lowest BCUT2D eigenvalue weighted by atomic mass is 10.1. The molecule has 3 aromatic heterocycles. The van der Waals surface area contributed by atoms with Crippen LogP contribution in [0.25, 0.3) is 10.2 Å². The number of thiazole rings is 1. The predicted octanol–water partition coefficient (Wildman–Crippen LogP) is 5.87. The lowest BCUT2D eigenvalue weighted by Crippen LogP contribution is -2.30. The fraction of sp³-hybridized carbons (Fsp3) is 0.150. The molecule has 0 unspecified atom stereocenters. The molecule has 0 saturated carbocycles. The van der Waals surface area contributed by atoms with E-state index in [1.54, 1.807) is 23.2 Å². The van der Waals surface area contributed by atoms with E-state index >= 15 is 0 Å². The van der Waals surface area contributed by atoms with Crippen LogP contribution in [-0.2, 0) is 6.54 Å². The number of rotatable bonds is 4. The number of hydrogen-bond donors (Lipinski definition) is 0. The van der Waals surface area contributed by atoms with Crippen LogP contribution in [0.5, 0.6) is 0 Å². The molecule has 0 saturated heterocycles. The fourth-order valence-corrected chi connectivity index (χ4v) is 4.91. The Labute approximate surface area is 170 Å². The molecule has 0 aliphatic rings. The Hall–Kier alpha value is -2.28. The summed E-state index contributed by atoms with van der Waals surface area (Å²) in [5.41, 5.74) is 4.01. The quantitative estimate of drug-likeness (QED) is 0.420. The van der Waals surface area contributed by atoms with Crippen LogP contribution in [-0.4, -0.2) is 15.9 Å². The van der Waals surface area contributed by atoms with E-state index in [-0.39, 0.29) is 5.91 Å². The number of anilines is 1. The molecule has 0 aliphatic heterocycles. The number of thiophene rings is 1. The van der Waals surface area contributed by atoms with Gasteiger partial charge in [-0.3, -0.25) is 14.7 Å². The van der Waals surface area contributed by atoms with Gasteiger partial charge in [0.1, 0.15) is 0 Å². The van der Waals surface area contributed by atoms with Crippen molar-refractivity contribution < 1.29 is 4.79 Å². The van der Waals surface area contributed by atoms with Crippen molar-refractivity contribution in [3.05, 3.63) is 74.7 Å². The van der Waals surface area contributed by atoms with Gasteiger partial charge in [0.05, 0.1) is 31.7 Å². The summed E-state index contributed by atoms with van der Waals surface area (Å²) in [7, 11) is 0. The van der Waals surface area contributed by atoms with Gasteiger partial charge in [0.15, 0.2) is 5.13 Å². The van der Waals surface area contributed by atoms with Crippen LogP contribution < -0.4 is 4.90 Å². The average molecular weight is 414 g/mol. The molecule has 7 heteroatoms. The summed E-state index contributed by atoms with van der Waals surface area (Å²) in [5.74, 6) is -0.119. The minimum Gasteiger partial charge on any atom is -0.277 e. The van der Waals surface area contributed by atoms with E-state index in [1.165, 1.54) is 22.7 Å². The highest BCUT2D eigenvalue weighted by Crippen LogP contribution is 2.35. The molecule has 0 N–H and O–H groups in total. The molecule has 0 radical (unpaired) electrons. The SMILES string of the molecule is Cc1ccc(C)c2sc(N(Cc3ccccn3)C(=O)c3ccc(Cl)s3)nc12. The third kappa shape index (κ3) is 3.60. The Morgan fingerprint density at radius 1 is 1.07 bits per heavy atom. The molecule has 3 heterocycles. The smallest absolute Gasteiger partial charge is 0.270 e. The normalized spacial score (nSPS) is 11.1. The van der Waals surface area contributed by atoms with Gasteiger partial charge in [-0.25, -0.2) is 4.98 Å². The monoisotopic (exact) mass is 413 g/mol. The van der Waals surface area contributed by atoms with Gasteiger partial charge < -0.3 is 0 Å². The predicted molar refractivity (Wildman–Crippen MR) is 113 cm³/mol. The summed E-state index contributed by atoms with van der Waals surface area (Å²) in [6, 6.07) is 13.3. The number of carbonyl (C=O) groups is 1. The molecule has 1 amide bonds. The highest BCUT2D eigenvalue weighted by atomic mass is 35.5. The number of hydrogen-bond acceptors (Lipinski definition) is 5. The Bertz CT molecular complexity index is 1080. The molecule has 0 spiro atoms. The van der Waals surface area contributed by atoms with E-state index in [2.05, 4.69) is 24.0 Å². The second-order valence-electron chi connectivity index (χ2n) is 6.19. The van der Waals surface area contributed by atoms with Crippen LogP contribution in [0.1, 0.15) is 26.5 Å². The molecule has 0 fully saturated rings. The minimum atomic E-state index is -0.119. The molecular weight excluding hydrogens is 398 g/mol. The molecule has 4 aromatic rings. The fourth-order valence-electron chi connectivity index (χ4n) is 2.81. The molecule has 136 valence electrons. The molecule has 27 heavy (non-hydrogen) atoms. The summed E-state index contributed by atoms with van der Waals surface area (Å²) in [6.07, 6.45) is 1.73. The van der Waals surface area contributed by atoms with Crippen molar-refractivity contribution in [1.29, 1.82) is 0 Å². The van der Waals surface area contributed by atoms with Gasteiger partial charge in [0.25, 0.3) is 5.91 Å². The molecule has 1 aromatic carbocycles. The van der Waals surface area contributed by atoms with Crippen LogP contribution in [0.4, 0.5) is 5.13 Å². The number of benzene rings is 1. The zero-order valence-electron chi connectivity index (χ0n) is 14.8. The van der Waals surface area contributed by atoms with Crippen LogP contribution in [0.3, 0.4) is 0 Å². The number of aromatic nitrogens is 2. The van der Waals surface area contributed by atoms with E-state index in [0.717, 1.165) is 27.0 Å². The van der Waals surface area contributed by atoms with Crippen LogP contribution in [0, 0.1) is 13.8 Å². The molecule has 4 nitrogen and oxygen atoms in total. The first-order valence-electron chi connectivity index (χ1n) is 8.37. The van der Waals surface area contributed by atoms with Crippen molar-refractivity contribution in [2.75, 3.05) is 4.90 Å². The number of fused-ring (bicyclic) bond motifs is 1. The van der Waals surface area contributed by atoms with Gasteiger partial charge in [-0.15, -0.1) is 11.3 Å². The molecule has 4 rings (SSSR count). The maximum absolute atomic E-state index is 13.2. The summed E-state index contributed by atoms with van der Waals surface area (Å²) < 4.78 is 1.69. The van der Waals surface area contributed by atoms with Gasteiger partial charge in [0.2, 0.25) is 0 Å². The third-order valence-corrected chi connectivity index (χ3v) is 6.67. The maximum Gasteiger partial charge on any atom is 0.270 e. The van der Waals surface area contributed by atoms with Crippen LogP contribution >= 0.6 is 34.3 Å². The van der Waals surface area contributed by atoms with Crippen LogP contribution in [0.2, 0.25) is 4.34 Å². The largest absolute Gasteiger partial charge is 0.277 e. The van der Waals surface area contributed by atoms with E-state index in [0.29, 0.717) is 20.9 Å². The van der Waals surface area contributed by atoms with Crippen molar-refractivity contribution in [1.82, 2.24) is 9.97 Å². The van der Waals surface area contributed by atoms with Crippen molar-refractivity contribution in [3.8, 4) is 0 Å². The van der Waals surface area contributed by atoms with Crippen molar-refractivity contribution in [3.63, 3.8) is 0 Å². The Morgan fingerprint density at radius 2 is 1.89 bits per heavy atom. The Kier molecular flexibility index (Phi) is 4.95. The molecule has 0 aliphatic carbocycles. The second kappa shape index (κ2) is 7.38. The van der Waals surface area contributed by atoms with Gasteiger partial charge in [0, 0.05) is 6.20 Å². The van der Waals surface area contributed by atoms with Gasteiger partial charge >= 0.3 is 0 Å². The zero-order valence-corrected chi connectivity index (χ0v) is 17.2. The Morgan fingerprint density at radius 3 is 2.56 bits per heavy atom. The number of halogens is 1. The number of amides is 1. The highest BCUT2D eigenvalue weighted by molar-refractivity contribution is 7.22. The lowest BCUT2D eigenvalue weighted by molar-refractivity contribution is 0.0988. The summed E-state index contributed by atoms with van der Waals surface area (Å²) in [5, 5.41) is 0.669. The molecule has 0 bridgehead atoms. The summed E-state index contributed by atoms with van der Waals surface area (Å²) in [6.45, 7) is 4.45. The van der Waals surface area contributed by atoms with Crippen molar-refractivity contribution in [2.45, 2.75) is 20.4 Å². The average Bonchev–Trinajstić information content (AvgIpc) is 3.30. The van der Waals surface area contributed by atoms with E-state index in [4.69, 9.17) is 16.6 Å². The minimum absolute atomic E-state index is 0.119. The second-order valence-corrected chi connectivity index (χ2v) is 8.88. The van der Waals surface area contributed by atoms with Gasteiger partial charge in [-0.1, -0.05) is 41.1 Å². The highest BCUT2D eigenvalue weighted by Gasteiger charge is 2.24. The number of nitrogens with zero attached hydrogens (tertiary/aromatic N) is 3. The van der Waals surface area contributed by atoms with Gasteiger partial charge in [-0.2, -0.15) is 0 Å². The third-order valence-electron chi connectivity index (χ3n) is 4.24. The summed E-state index contributed by atoms with van der Waals surface area (Å²) in [4.78, 5) is 24.7. The van der Waals surface area contributed by atoms with Gasteiger partial charge in [-0.05, 0) is 49.2 Å². The van der Waals surface area contributed by atoms with Crippen molar-refractivity contribution >= 4 is 55.5 Å². The van der Waals surface area contributed by atoms with Crippen LogP contribution in [0.15, 0.2) is 48.7 Å². The first kappa shape index (κ1) is 18.1. The summed E-state index contributed by atoms with van der Waals surface area (Å²) >= 11 is 8.85. The maximum atomic E-state index is 13.2. The first-order valence-corrected chi connectivity index (χ1v) is 10.4. The van der Waals surface area contributed by atoms with E-state index in [9.17, 15) is 4.79 Å². The number of carbonyl (C=O) groups excluding carboxylic acids is 1. The van der Waals surface area contributed by atoms with E-state index < -0.39 is 0 Å². The Balaban J connectivity index is 1.81. The lowest BCUT2D eigenvalue weighted by Gasteiger charge is -2.18. The molecule has 0 atom stereocenters. The first-order chi connectivity index (χ1) is 13.0. The standard InChI is InChI=1S/C20H16ClN3OS2/c1-12-6-7-13(2)18-17(12)23-20(27-18)24(11-14-5-3-4-10-22-14)19(25)15-8-9-16(21)26-15/h3-10H,11H2,1-2H3. The number of pyridine rings is 1. The number of aryl methyl sites for hydroxylation is 2. The molecular formula is C20H16ClN3OS2. The zero-order chi connectivity index (χ0) is 19.0. The van der Waals surface area contributed by atoms with Crippen molar-refractivity contribution in [2.24, 2.45) is 0 Å². The van der Waals surface area contributed by atoms with E-state index in [1.807, 2.05) is 25.1 Å². The topological polar surface area (TPSA) is 46.1 Å².